The van der Waals surface area contributed by atoms with Crippen LogP contribution in [0.3, 0.4) is 0 Å². The number of amides is 2. The molecule has 0 aromatic carbocycles. The number of hydrogen-bond acceptors (Lipinski definition) is 4. The molecule has 1 atom stereocenters. The Morgan fingerprint density at radius 1 is 1.25 bits per heavy atom. The fourth-order valence-electron chi connectivity index (χ4n) is 1.64. The molecule has 0 saturated carbocycles. The van der Waals surface area contributed by atoms with Gasteiger partial charge in [-0.15, -0.1) is 0 Å². The molecule has 0 bridgehead atoms. The van der Waals surface area contributed by atoms with E-state index in [4.69, 9.17) is 0 Å². The number of hydrogen-bond donors (Lipinski definition) is 2. The molecule has 1 aliphatic heterocycles. The van der Waals surface area contributed by atoms with E-state index in [9.17, 15) is 14.7 Å². The van der Waals surface area contributed by atoms with Crippen molar-refractivity contribution in [3.05, 3.63) is 0 Å². The minimum Gasteiger partial charge on any atom is -0.390 e. The smallest absolute Gasteiger partial charge is 0.229 e. The number of rotatable bonds is 6. The first-order chi connectivity index (χ1) is 7.50. The third-order valence-corrected chi connectivity index (χ3v) is 2.48. The van der Waals surface area contributed by atoms with Gasteiger partial charge in [-0.2, -0.15) is 0 Å². The van der Waals surface area contributed by atoms with Gasteiger partial charge in [0.05, 0.1) is 12.6 Å². The lowest BCUT2D eigenvalue weighted by Gasteiger charge is -2.19. The van der Waals surface area contributed by atoms with E-state index >= 15 is 0 Å². The van der Waals surface area contributed by atoms with Gasteiger partial charge in [0, 0.05) is 19.4 Å². The van der Waals surface area contributed by atoms with Crippen LogP contribution in [-0.4, -0.2) is 47.6 Å². The number of carbonyl (C=O) groups is 2. The van der Waals surface area contributed by atoms with Gasteiger partial charge < -0.3 is 10.4 Å². The Morgan fingerprint density at radius 2 is 1.81 bits per heavy atom. The molecule has 16 heavy (non-hydrogen) atoms. The van der Waals surface area contributed by atoms with Crippen LogP contribution >= 0.6 is 0 Å². The number of aliphatic hydroxyl groups excluding tert-OH is 1. The number of likely N-dealkylation sites (tertiary alicyclic amines) is 1. The first-order valence-electron chi connectivity index (χ1n) is 5.72. The number of aliphatic hydroxyl groups is 1. The van der Waals surface area contributed by atoms with E-state index in [0.29, 0.717) is 12.5 Å². The summed E-state index contributed by atoms with van der Waals surface area (Å²) in [5, 5.41) is 12.7. The van der Waals surface area contributed by atoms with Crippen LogP contribution in [0.1, 0.15) is 26.7 Å². The van der Waals surface area contributed by atoms with E-state index < -0.39 is 6.10 Å². The van der Waals surface area contributed by atoms with Crippen molar-refractivity contribution in [3.63, 3.8) is 0 Å². The lowest BCUT2D eigenvalue weighted by Crippen LogP contribution is -2.41. The molecular formula is C11H20N2O3. The first-order valence-corrected chi connectivity index (χ1v) is 5.72. The van der Waals surface area contributed by atoms with Crippen molar-refractivity contribution in [1.82, 2.24) is 10.2 Å². The van der Waals surface area contributed by atoms with Crippen LogP contribution in [0.15, 0.2) is 0 Å². The third-order valence-electron chi connectivity index (χ3n) is 2.48. The summed E-state index contributed by atoms with van der Waals surface area (Å²) in [5.74, 6) is 0.170. The molecule has 5 nitrogen and oxygen atoms in total. The molecule has 1 saturated heterocycles. The van der Waals surface area contributed by atoms with Crippen molar-refractivity contribution in [3.8, 4) is 0 Å². The van der Waals surface area contributed by atoms with E-state index in [1.165, 1.54) is 0 Å². The lowest BCUT2D eigenvalue weighted by molar-refractivity contribution is -0.139. The van der Waals surface area contributed by atoms with Gasteiger partial charge in [-0.3, -0.25) is 14.5 Å². The molecule has 1 unspecified atom stereocenters. The first kappa shape index (κ1) is 13.1. The zero-order valence-corrected chi connectivity index (χ0v) is 9.90. The van der Waals surface area contributed by atoms with E-state index in [1.54, 1.807) is 0 Å². The number of carbonyl (C=O) groups excluding carboxylic acids is 2. The highest BCUT2D eigenvalue weighted by Crippen LogP contribution is 2.11. The van der Waals surface area contributed by atoms with Crippen LogP contribution in [0.25, 0.3) is 0 Å². The quantitative estimate of drug-likeness (QED) is 0.615. The van der Waals surface area contributed by atoms with Crippen molar-refractivity contribution < 1.29 is 14.7 Å². The van der Waals surface area contributed by atoms with Crippen LogP contribution < -0.4 is 5.32 Å². The molecule has 0 radical (unpaired) electrons. The Labute approximate surface area is 95.8 Å². The average Bonchev–Trinajstić information content (AvgIpc) is 2.49. The predicted molar refractivity (Wildman–Crippen MR) is 59.7 cm³/mol. The van der Waals surface area contributed by atoms with Crippen LogP contribution in [-0.2, 0) is 9.59 Å². The fraction of sp³-hybridized carbons (Fsp3) is 0.818. The van der Waals surface area contributed by atoms with Gasteiger partial charge in [-0.05, 0) is 12.5 Å². The van der Waals surface area contributed by atoms with E-state index in [0.717, 1.165) is 11.4 Å². The second-order valence-corrected chi connectivity index (χ2v) is 4.60. The standard InChI is InChI=1S/C11H20N2O3/c1-8(2)5-12-6-9(14)7-13-10(15)3-4-11(13)16/h8-9,12,14H,3-7H2,1-2H3. The highest BCUT2D eigenvalue weighted by atomic mass is 16.3. The molecule has 5 heteroatoms. The van der Waals surface area contributed by atoms with Gasteiger partial charge in [0.1, 0.15) is 0 Å². The molecule has 0 aromatic rings. The summed E-state index contributed by atoms with van der Waals surface area (Å²) >= 11 is 0. The van der Waals surface area contributed by atoms with Gasteiger partial charge in [-0.1, -0.05) is 13.8 Å². The van der Waals surface area contributed by atoms with Crippen LogP contribution in [0.5, 0.6) is 0 Å². The fourth-order valence-corrected chi connectivity index (χ4v) is 1.64. The summed E-state index contributed by atoms with van der Waals surface area (Å²) in [5.41, 5.74) is 0. The number of β-amino-alcohol motifs (C(OH)–C–C–N with tert-alkyl or cyclic N) is 1. The zero-order chi connectivity index (χ0) is 12.1. The highest BCUT2D eigenvalue weighted by Gasteiger charge is 2.30. The Balaban J connectivity index is 2.25. The summed E-state index contributed by atoms with van der Waals surface area (Å²) in [4.78, 5) is 23.7. The van der Waals surface area contributed by atoms with Crippen molar-refractivity contribution >= 4 is 11.8 Å². The normalized spacial score (nSPS) is 18.6. The Morgan fingerprint density at radius 3 is 2.31 bits per heavy atom. The van der Waals surface area contributed by atoms with E-state index in [2.05, 4.69) is 19.2 Å². The Hall–Kier alpha value is -0.940. The molecule has 0 aliphatic carbocycles. The van der Waals surface area contributed by atoms with E-state index in [1.807, 2.05) is 0 Å². The predicted octanol–water partition coefficient (Wildman–Crippen LogP) is -0.258. The highest BCUT2D eigenvalue weighted by molar-refractivity contribution is 6.01. The maximum atomic E-state index is 11.3. The zero-order valence-electron chi connectivity index (χ0n) is 9.90. The molecule has 1 rings (SSSR count). The number of nitrogens with one attached hydrogen (secondary N) is 1. The molecule has 0 spiro atoms. The summed E-state index contributed by atoms with van der Waals surface area (Å²) < 4.78 is 0. The van der Waals surface area contributed by atoms with Gasteiger partial charge in [-0.25, -0.2) is 0 Å². The van der Waals surface area contributed by atoms with E-state index in [-0.39, 0.29) is 31.2 Å². The summed E-state index contributed by atoms with van der Waals surface area (Å²) in [6.07, 6.45) is -0.111. The lowest BCUT2D eigenvalue weighted by atomic mass is 10.2. The van der Waals surface area contributed by atoms with Crippen molar-refractivity contribution in [1.29, 1.82) is 0 Å². The summed E-state index contributed by atoms with van der Waals surface area (Å²) in [6, 6.07) is 0. The molecule has 1 aliphatic rings. The minimum absolute atomic E-state index is 0.114. The number of imide groups is 1. The van der Waals surface area contributed by atoms with Crippen LogP contribution in [0.2, 0.25) is 0 Å². The molecule has 1 heterocycles. The van der Waals surface area contributed by atoms with Gasteiger partial charge in [0.15, 0.2) is 0 Å². The van der Waals surface area contributed by atoms with Crippen LogP contribution in [0, 0.1) is 5.92 Å². The largest absolute Gasteiger partial charge is 0.390 e. The van der Waals surface area contributed by atoms with Crippen molar-refractivity contribution in [2.24, 2.45) is 5.92 Å². The summed E-state index contributed by atoms with van der Waals surface area (Å²) in [6.45, 7) is 5.50. The minimum atomic E-state index is -0.676. The second kappa shape index (κ2) is 5.96. The monoisotopic (exact) mass is 228 g/mol. The maximum absolute atomic E-state index is 11.3. The molecule has 2 N–H and O–H groups in total. The molecule has 2 amide bonds. The van der Waals surface area contributed by atoms with Gasteiger partial charge in [0.25, 0.3) is 0 Å². The van der Waals surface area contributed by atoms with Crippen LogP contribution in [0.4, 0.5) is 0 Å². The number of nitrogens with zero attached hydrogens (tertiary/aromatic N) is 1. The summed E-state index contributed by atoms with van der Waals surface area (Å²) in [7, 11) is 0. The third kappa shape index (κ3) is 3.90. The molecule has 92 valence electrons. The van der Waals surface area contributed by atoms with Gasteiger partial charge >= 0.3 is 0 Å². The second-order valence-electron chi connectivity index (χ2n) is 4.60. The topological polar surface area (TPSA) is 69.6 Å². The average molecular weight is 228 g/mol. The van der Waals surface area contributed by atoms with Gasteiger partial charge in [0.2, 0.25) is 11.8 Å². The van der Waals surface area contributed by atoms with Crippen molar-refractivity contribution in [2.75, 3.05) is 19.6 Å². The molecule has 1 fully saturated rings. The Kier molecular flexibility index (Phi) is 4.89. The Bertz CT molecular complexity index is 250. The maximum Gasteiger partial charge on any atom is 0.229 e. The SMILES string of the molecule is CC(C)CNCC(O)CN1C(=O)CCC1=O. The van der Waals surface area contributed by atoms with Crippen molar-refractivity contribution in [2.45, 2.75) is 32.8 Å². The molecule has 0 aromatic heterocycles. The molecular weight excluding hydrogens is 208 g/mol.